The minimum atomic E-state index is -1.73. The number of para-hydroxylation sites is 1. The Morgan fingerprint density at radius 3 is 2.57 bits per heavy atom. The van der Waals surface area contributed by atoms with Crippen molar-refractivity contribution in [1.82, 2.24) is 4.98 Å². The van der Waals surface area contributed by atoms with E-state index in [0.29, 0.717) is 5.56 Å². The molecular formula is C14H17N3O4. The molecule has 7 heteroatoms. The summed E-state index contributed by atoms with van der Waals surface area (Å²) in [7, 11) is 0. The van der Waals surface area contributed by atoms with Crippen LogP contribution in [0.3, 0.4) is 0 Å². The highest BCUT2D eigenvalue weighted by molar-refractivity contribution is 5.86. The predicted molar refractivity (Wildman–Crippen MR) is 76.8 cm³/mol. The zero-order valence-electron chi connectivity index (χ0n) is 11.2. The molecule has 7 nitrogen and oxygen atoms in total. The predicted octanol–water partition coefficient (Wildman–Crippen LogP) is 0.294. The normalized spacial score (nSPS) is 15.5. The van der Waals surface area contributed by atoms with Crippen molar-refractivity contribution in [1.29, 1.82) is 0 Å². The van der Waals surface area contributed by atoms with E-state index in [2.05, 4.69) is 4.98 Å². The molecule has 112 valence electrons. The molecule has 21 heavy (non-hydrogen) atoms. The molecule has 1 heterocycles. The van der Waals surface area contributed by atoms with Crippen molar-refractivity contribution < 1.29 is 19.8 Å². The van der Waals surface area contributed by atoms with E-state index >= 15 is 0 Å². The Labute approximate surface area is 120 Å². The maximum Gasteiger partial charge on any atom is 0.324 e. The summed E-state index contributed by atoms with van der Waals surface area (Å²) in [6.45, 7) is 0. The lowest BCUT2D eigenvalue weighted by Gasteiger charge is -2.26. The number of benzene rings is 1. The van der Waals surface area contributed by atoms with Crippen LogP contribution < -0.4 is 11.5 Å². The molecule has 0 saturated carbocycles. The van der Waals surface area contributed by atoms with E-state index in [9.17, 15) is 14.7 Å². The Balaban J connectivity index is 2.31. The molecule has 0 aliphatic rings. The maximum atomic E-state index is 11.5. The summed E-state index contributed by atoms with van der Waals surface area (Å²) < 4.78 is 0. The lowest BCUT2D eigenvalue weighted by molar-refractivity contribution is -0.145. The number of carboxylic acids is 2. The summed E-state index contributed by atoms with van der Waals surface area (Å²) in [6.07, 6.45) is 1.33. The zero-order valence-corrected chi connectivity index (χ0v) is 11.2. The fourth-order valence-corrected chi connectivity index (χ4v) is 2.33. The minimum absolute atomic E-state index is 0.00662. The average Bonchev–Trinajstić information content (AvgIpc) is 2.81. The fraction of sp³-hybridized carbons (Fsp3) is 0.286. The molecule has 0 radical (unpaired) electrons. The second-order valence-corrected chi connectivity index (χ2v) is 5.15. The van der Waals surface area contributed by atoms with Crippen LogP contribution in [-0.4, -0.2) is 38.7 Å². The standard InChI is InChI=1S/C14H17N3O4/c15-10(12(18)19)6-14(16,13(20)21)5-8-7-17-11-4-2-1-3-9(8)11/h1-4,7,10,17H,5-6,15-16H2,(H,18,19)(H,20,21)/t10-,14?/m0/s1. The third-order valence-corrected chi connectivity index (χ3v) is 3.51. The highest BCUT2D eigenvalue weighted by Gasteiger charge is 2.38. The van der Waals surface area contributed by atoms with Crippen molar-refractivity contribution in [3.05, 3.63) is 36.0 Å². The van der Waals surface area contributed by atoms with Gasteiger partial charge >= 0.3 is 11.9 Å². The number of hydrogen-bond donors (Lipinski definition) is 5. The molecule has 2 aromatic rings. The van der Waals surface area contributed by atoms with Crippen molar-refractivity contribution in [2.75, 3.05) is 0 Å². The molecule has 0 fully saturated rings. The van der Waals surface area contributed by atoms with Crippen LogP contribution in [0.15, 0.2) is 30.5 Å². The number of hydrogen-bond acceptors (Lipinski definition) is 4. The van der Waals surface area contributed by atoms with Gasteiger partial charge in [0, 0.05) is 29.9 Å². The Hall–Kier alpha value is -2.38. The summed E-state index contributed by atoms with van der Waals surface area (Å²) in [6, 6.07) is 6.08. The summed E-state index contributed by atoms with van der Waals surface area (Å²) in [4.78, 5) is 25.3. The molecule has 0 aliphatic heterocycles. The quantitative estimate of drug-likeness (QED) is 0.518. The van der Waals surface area contributed by atoms with E-state index in [1.54, 1.807) is 6.20 Å². The van der Waals surface area contributed by atoms with Crippen molar-refractivity contribution >= 4 is 22.8 Å². The number of carboxylic acid groups (broad SMARTS) is 2. The Morgan fingerprint density at radius 2 is 1.95 bits per heavy atom. The molecule has 7 N–H and O–H groups in total. The van der Waals surface area contributed by atoms with Crippen LogP contribution in [0, 0.1) is 0 Å². The third-order valence-electron chi connectivity index (χ3n) is 3.51. The van der Waals surface area contributed by atoms with Crippen LogP contribution in [0.2, 0.25) is 0 Å². The SMILES string of the molecule is N[C@@H](CC(N)(Cc1c[nH]c2ccccc12)C(=O)O)C(=O)O. The van der Waals surface area contributed by atoms with E-state index in [-0.39, 0.29) is 12.8 Å². The molecule has 2 rings (SSSR count). The number of aliphatic carboxylic acids is 2. The maximum absolute atomic E-state index is 11.5. The van der Waals surface area contributed by atoms with Gasteiger partial charge in [-0.1, -0.05) is 18.2 Å². The second kappa shape index (κ2) is 5.55. The van der Waals surface area contributed by atoms with Gasteiger partial charge < -0.3 is 26.7 Å². The summed E-state index contributed by atoms with van der Waals surface area (Å²) in [5, 5.41) is 19.1. The number of aromatic amines is 1. The highest BCUT2D eigenvalue weighted by atomic mass is 16.4. The fourth-order valence-electron chi connectivity index (χ4n) is 2.33. The second-order valence-electron chi connectivity index (χ2n) is 5.15. The van der Waals surface area contributed by atoms with Gasteiger partial charge in [-0.25, -0.2) is 0 Å². The van der Waals surface area contributed by atoms with Gasteiger partial charge in [0.15, 0.2) is 0 Å². The number of carbonyl (C=O) groups is 2. The third kappa shape index (κ3) is 3.04. The van der Waals surface area contributed by atoms with Crippen LogP contribution >= 0.6 is 0 Å². The highest BCUT2D eigenvalue weighted by Crippen LogP contribution is 2.24. The number of H-pyrrole nitrogens is 1. The van der Waals surface area contributed by atoms with Crippen molar-refractivity contribution in [2.45, 2.75) is 24.4 Å². The van der Waals surface area contributed by atoms with Gasteiger partial charge in [0.2, 0.25) is 0 Å². The smallest absolute Gasteiger partial charge is 0.324 e. The average molecular weight is 291 g/mol. The first-order valence-corrected chi connectivity index (χ1v) is 6.39. The van der Waals surface area contributed by atoms with E-state index < -0.39 is 23.5 Å². The molecule has 0 amide bonds. The number of aromatic nitrogens is 1. The Morgan fingerprint density at radius 1 is 1.29 bits per heavy atom. The summed E-state index contributed by atoms with van der Waals surface area (Å²) >= 11 is 0. The van der Waals surface area contributed by atoms with Gasteiger partial charge in [-0.2, -0.15) is 0 Å². The minimum Gasteiger partial charge on any atom is -0.480 e. The molecule has 2 atom stereocenters. The van der Waals surface area contributed by atoms with E-state index in [1.807, 2.05) is 24.3 Å². The number of rotatable bonds is 6. The molecular weight excluding hydrogens is 274 g/mol. The van der Waals surface area contributed by atoms with Crippen LogP contribution in [0.4, 0.5) is 0 Å². The Kier molecular flexibility index (Phi) is 3.97. The molecule has 0 spiro atoms. The number of nitrogens with one attached hydrogen (secondary N) is 1. The van der Waals surface area contributed by atoms with Crippen molar-refractivity contribution in [3.63, 3.8) is 0 Å². The summed E-state index contributed by atoms with van der Waals surface area (Å²) in [5.74, 6) is -2.55. The topological polar surface area (TPSA) is 142 Å². The van der Waals surface area contributed by atoms with E-state index in [1.165, 1.54) is 0 Å². The lowest BCUT2D eigenvalue weighted by atomic mass is 9.85. The van der Waals surface area contributed by atoms with Gasteiger partial charge in [0.25, 0.3) is 0 Å². The summed E-state index contributed by atoms with van der Waals surface area (Å²) in [5.41, 5.74) is 11.2. The van der Waals surface area contributed by atoms with Crippen molar-refractivity contribution in [3.8, 4) is 0 Å². The van der Waals surface area contributed by atoms with E-state index in [0.717, 1.165) is 10.9 Å². The first-order chi connectivity index (χ1) is 9.83. The van der Waals surface area contributed by atoms with Gasteiger partial charge in [0.05, 0.1) is 0 Å². The van der Waals surface area contributed by atoms with Gasteiger partial charge in [-0.15, -0.1) is 0 Å². The lowest BCUT2D eigenvalue weighted by Crippen LogP contribution is -2.54. The van der Waals surface area contributed by atoms with Gasteiger partial charge in [-0.3, -0.25) is 9.59 Å². The monoisotopic (exact) mass is 291 g/mol. The molecule has 1 aromatic heterocycles. The van der Waals surface area contributed by atoms with Crippen molar-refractivity contribution in [2.24, 2.45) is 11.5 Å². The van der Waals surface area contributed by atoms with Crippen LogP contribution in [0.1, 0.15) is 12.0 Å². The molecule has 0 bridgehead atoms. The zero-order chi connectivity index (χ0) is 15.6. The van der Waals surface area contributed by atoms with Crippen LogP contribution in [0.5, 0.6) is 0 Å². The molecule has 1 unspecified atom stereocenters. The Bertz CT molecular complexity index is 682. The first kappa shape index (κ1) is 15.0. The number of nitrogens with two attached hydrogens (primary N) is 2. The molecule has 1 aromatic carbocycles. The van der Waals surface area contributed by atoms with Gasteiger partial charge in [0.1, 0.15) is 11.6 Å². The van der Waals surface area contributed by atoms with E-state index in [4.69, 9.17) is 16.6 Å². The number of fused-ring (bicyclic) bond motifs is 1. The van der Waals surface area contributed by atoms with Crippen LogP contribution in [-0.2, 0) is 16.0 Å². The van der Waals surface area contributed by atoms with Gasteiger partial charge in [-0.05, 0) is 11.6 Å². The first-order valence-electron chi connectivity index (χ1n) is 6.39. The largest absolute Gasteiger partial charge is 0.480 e. The van der Waals surface area contributed by atoms with Crippen LogP contribution in [0.25, 0.3) is 10.9 Å². The molecule has 0 saturated heterocycles. The molecule has 0 aliphatic carbocycles.